The van der Waals surface area contributed by atoms with E-state index < -0.39 is 16.1 Å². The van der Waals surface area contributed by atoms with Crippen LogP contribution in [0.15, 0.2) is 40.0 Å². The van der Waals surface area contributed by atoms with Crippen LogP contribution >= 0.6 is 0 Å². The fourth-order valence-corrected chi connectivity index (χ4v) is 5.20. The first-order chi connectivity index (χ1) is 14.2. The second kappa shape index (κ2) is 9.75. The van der Waals surface area contributed by atoms with E-state index in [0.717, 1.165) is 25.7 Å². The van der Waals surface area contributed by atoms with Crippen molar-refractivity contribution in [3.63, 3.8) is 0 Å². The van der Waals surface area contributed by atoms with Crippen molar-refractivity contribution in [2.75, 3.05) is 0 Å². The van der Waals surface area contributed by atoms with E-state index in [1.54, 1.807) is 12.1 Å². The molecule has 0 unspecified atom stereocenters. The number of fused-ring (bicyclic) bond motifs is 1. The van der Waals surface area contributed by atoms with Crippen LogP contribution in [0.4, 0.5) is 0 Å². The Morgan fingerprint density at radius 1 is 1.10 bits per heavy atom. The number of carbonyl (C=O) groups is 1. The molecule has 1 aliphatic carbocycles. The molecule has 7 nitrogen and oxygen atoms in total. The molecular formula is C22H31N3O4S. The van der Waals surface area contributed by atoms with Gasteiger partial charge in [0.25, 0.3) is 0 Å². The zero-order valence-corrected chi connectivity index (χ0v) is 18.4. The van der Waals surface area contributed by atoms with Crippen LogP contribution in [0, 0.1) is 5.92 Å². The van der Waals surface area contributed by atoms with Crippen LogP contribution in [0.5, 0.6) is 0 Å². The Balaban J connectivity index is 1.79. The lowest BCUT2D eigenvalue weighted by atomic mass is 10.0. The predicted molar refractivity (Wildman–Crippen MR) is 118 cm³/mol. The maximum Gasteiger partial charge on any atom is 0.248 e. The number of carbonyl (C=O) groups excluding carboxylic acids is 1. The van der Waals surface area contributed by atoms with Crippen molar-refractivity contribution >= 4 is 26.8 Å². The SMILES string of the molecule is CC(C)C[C@@H](NS(=O)(=O)c1ccc2[nH]c(=O)ccc2c1)C(=O)NC1CCCCCC1. The molecule has 1 aliphatic rings. The van der Waals surface area contributed by atoms with Crippen LogP contribution in [0.1, 0.15) is 58.8 Å². The number of H-pyrrole nitrogens is 1. The van der Waals surface area contributed by atoms with E-state index in [9.17, 15) is 18.0 Å². The number of rotatable bonds is 7. The Bertz CT molecular complexity index is 1040. The maximum atomic E-state index is 13.0. The van der Waals surface area contributed by atoms with Gasteiger partial charge in [0.2, 0.25) is 21.5 Å². The second-order valence-electron chi connectivity index (χ2n) is 8.57. The quantitative estimate of drug-likeness (QED) is 0.583. The summed E-state index contributed by atoms with van der Waals surface area (Å²) in [6.07, 6.45) is 6.84. The number of aromatic amines is 1. The molecular weight excluding hydrogens is 402 g/mol. The maximum absolute atomic E-state index is 13.0. The molecule has 164 valence electrons. The first kappa shape index (κ1) is 22.5. The van der Waals surface area contributed by atoms with Crippen LogP contribution in [0.2, 0.25) is 0 Å². The number of amides is 1. The van der Waals surface area contributed by atoms with Crippen molar-refractivity contribution in [3.05, 3.63) is 40.7 Å². The Morgan fingerprint density at radius 2 is 1.80 bits per heavy atom. The highest BCUT2D eigenvalue weighted by atomic mass is 32.2. The Morgan fingerprint density at radius 3 is 2.47 bits per heavy atom. The highest BCUT2D eigenvalue weighted by Gasteiger charge is 2.28. The first-order valence-electron chi connectivity index (χ1n) is 10.7. The summed E-state index contributed by atoms with van der Waals surface area (Å²) in [4.78, 5) is 27.1. The molecule has 1 atom stereocenters. The standard InChI is InChI=1S/C22H31N3O4S/c1-15(2)13-20(22(27)23-17-7-5-3-4-6-8-17)25-30(28,29)18-10-11-19-16(14-18)9-12-21(26)24-19/h9-12,14-15,17,20,25H,3-8,13H2,1-2H3,(H,23,27)(H,24,26)/t20-/m1/s1. The van der Waals surface area contributed by atoms with Gasteiger partial charge in [0.15, 0.2) is 0 Å². The number of aromatic nitrogens is 1. The van der Waals surface area contributed by atoms with E-state index >= 15 is 0 Å². The van der Waals surface area contributed by atoms with Gasteiger partial charge in [0, 0.05) is 17.6 Å². The molecule has 30 heavy (non-hydrogen) atoms. The third-order valence-electron chi connectivity index (χ3n) is 5.53. The molecule has 3 N–H and O–H groups in total. The van der Waals surface area contributed by atoms with Crippen LogP contribution in [0.25, 0.3) is 10.9 Å². The Kier molecular flexibility index (Phi) is 7.31. The van der Waals surface area contributed by atoms with E-state index in [1.165, 1.54) is 31.0 Å². The van der Waals surface area contributed by atoms with E-state index in [2.05, 4.69) is 15.0 Å². The average molecular weight is 434 g/mol. The summed E-state index contributed by atoms with van der Waals surface area (Å²) in [5.41, 5.74) is 0.315. The minimum Gasteiger partial charge on any atom is -0.352 e. The average Bonchev–Trinajstić information content (AvgIpc) is 2.95. The number of hydrogen-bond donors (Lipinski definition) is 3. The molecule has 2 aromatic rings. The topological polar surface area (TPSA) is 108 Å². The Hall–Kier alpha value is -2.19. The number of nitrogens with one attached hydrogen (secondary N) is 3. The lowest BCUT2D eigenvalue weighted by Crippen LogP contribution is -2.50. The third kappa shape index (κ3) is 5.92. The van der Waals surface area contributed by atoms with Gasteiger partial charge in [-0.15, -0.1) is 0 Å². The normalized spacial score (nSPS) is 17.0. The highest BCUT2D eigenvalue weighted by Crippen LogP contribution is 2.20. The monoisotopic (exact) mass is 433 g/mol. The van der Waals surface area contributed by atoms with Gasteiger partial charge in [0.1, 0.15) is 6.04 Å². The van der Waals surface area contributed by atoms with E-state index in [-0.39, 0.29) is 28.3 Å². The van der Waals surface area contributed by atoms with Crippen molar-refractivity contribution < 1.29 is 13.2 Å². The third-order valence-corrected chi connectivity index (χ3v) is 7.00. The fourth-order valence-electron chi connectivity index (χ4n) is 3.96. The highest BCUT2D eigenvalue weighted by molar-refractivity contribution is 7.89. The fraction of sp³-hybridized carbons (Fsp3) is 0.545. The molecule has 1 amide bonds. The molecule has 1 aromatic heterocycles. The summed E-state index contributed by atoms with van der Waals surface area (Å²) < 4.78 is 28.7. The molecule has 1 heterocycles. The van der Waals surface area contributed by atoms with Crippen LogP contribution < -0.4 is 15.6 Å². The van der Waals surface area contributed by atoms with E-state index in [1.807, 2.05) is 13.8 Å². The van der Waals surface area contributed by atoms with Crippen LogP contribution in [-0.2, 0) is 14.8 Å². The van der Waals surface area contributed by atoms with Gasteiger partial charge in [-0.2, -0.15) is 4.72 Å². The van der Waals surface area contributed by atoms with E-state index in [4.69, 9.17) is 0 Å². The summed E-state index contributed by atoms with van der Waals surface area (Å²) in [5, 5.41) is 3.68. The molecule has 0 radical (unpaired) electrons. The summed E-state index contributed by atoms with van der Waals surface area (Å²) >= 11 is 0. The first-order valence-corrected chi connectivity index (χ1v) is 12.2. The minimum absolute atomic E-state index is 0.0677. The van der Waals surface area contributed by atoms with Gasteiger partial charge in [-0.3, -0.25) is 9.59 Å². The zero-order valence-electron chi connectivity index (χ0n) is 17.6. The van der Waals surface area contributed by atoms with Gasteiger partial charge < -0.3 is 10.3 Å². The molecule has 1 saturated carbocycles. The zero-order chi connectivity index (χ0) is 21.7. The van der Waals surface area contributed by atoms with E-state index in [0.29, 0.717) is 17.3 Å². The van der Waals surface area contributed by atoms with Gasteiger partial charge in [-0.05, 0) is 54.8 Å². The van der Waals surface area contributed by atoms with Crippen LogP contribution in [-0.4, -0.2) is 31.4 Å². The lowest BCUT2D eigenvalue weighted by Gasteiger charge is -2.24. The van der Waals surface area contributed by atoms with Crippen molar-refractivity contribution in [2.45, 2.75) is 75.8 Å². The molecule has 0 aliphatic heterocycles. The predicted octanol–water partition coefficient (Wildman–Crippen LogP) is 3.06. The van der Waals surface area contributed by atoms with Gasteiger partial charge in [-0.1, -0.05) is 39.5 Å². The largest absolute Gasteiger partial charge is 0.352 e. The molecule has 3 rings (SSSR count). The molecule has 8 heteroatoms. The van der Waals surface area contributed by atoms with Crippen molar-refractivity contribution in [1.82, 2.24) is 15.0 Å². The van der Waals surface area contributed by atoms with Crippen molar-refractivity contribution in [2.24, 2.45) is 5.92 Å². The number of benzene rings is 1. The number of sulfonamides is 1. The van der Waals surface area contributed by atoms with Gasteiger partial charge in [-0.25, -0.2) is 8.42 Å². The van der Waals surface area contributed by atoms with Gasteiger partial charge in [0.05, 0.1) is 4.90 Å². The molecule has 1 aromatic carbocycles. The smallest absolute Gasteiger partial charge is 0.248 e. The summed E-state index contributed by atoms with van der Waals surface area (Å²) in [5.74, 6) is -0.108. The minimum atomic E-state index is -3.90. The molecule has 0 spiro atoms. The van der Waals surface area contributed by atoms with Crippen LogP contribution in [0.3, 0.4) is 0 Å². The van der Waals surface area contributed by atoms with Crippen molar-refractivity contribution in [1.29, 1.82) is 0 Å². The molecule has 0 saturated heterocycles. The molecule has 1 fully saturated rings. The number of hydrogen-bond acceptors (Lipinski definition) is 4. The lowest BCUT2D eigenvalue weighted by molar-refractivity contribution is -0.123. The number of pyridine rings is 1. The molecule has 0 bridgehead atoms. The second-order valence-corrected chi connectivity index (χ2v) is 10.3. The van der Waals surface area contributed by atoms with Gasteiger partial charge >= 0.3 is 0 Å². The summed E-state index contributed by atoms with van der Waals surface area (Å²) in [6, 6.07) is 6.72. The Labute approximate surface area is 177 Å². The van der Waals surface area contributed by atoms with Crippen molar-refractivity contribution in [3.8, 4) is 0 Å². The summed E-state index contributed by atoms with van der Waals surface area (Å²) in [6.45, 7) is 3.93. The summed E-state index contributed by atoms with van der Waals surface area (Å²) in [7, 11) is -3.90.